The Labute approximate surface area is 188 Å². The molecule has 3 aromatic rings. The van der Waals surface area contributed by atoms with Gasteiger partial charge in [0.25, 0.3) is 11.8 Å². The third-order valence-electron chi connectivity index (χ3n) is 4.77. The number of amides is 2. The Balaban J connectivity index is 1.81. The summed E-state index contributed by atoms with van der Waals surface area (Å²) in [5.74, 6) is 0.346. The monoisotopic (exact) mass is 457 g/mol. The Morgan fingerprint density at radius 1 is 1.00 bits per heavy atom. The summed E-state index contributed by atoms with van der Waals surface area (Å²) in [5.41, 5.74) is 3.21. The third kappa shape index (κ3) is 3.81. The maximum atomic E-state index is 13.5. The second-order valence-corrected chi connectivity index (χ2v) is 8.76. The number of furan rings is 1. The SMILES string of the molecule is Cc1ccc(N2C(=O)C(SCc3ccco3)=C(c3ccc(Cl)cc3Cl)C2=O)c(C)c1. The number of imide groups is 1. The lowest BCUT2D eigenvalue weighted by Crippen LogP contribution is -2.32. The van der Waals surface area contributed by atoms with E-state index in [9.17, 15) is 9.59 Å². The number of carbonyl (C=O) groups excluding carboxylic acids is 2. The lowest BCUT2D eigenvalue weighted by molar-refractivity contribution is -0.119. The third-order valence-corrected chi connectivity index (χ3v) is 6.42. The van der Waals surface area contributed by atoms with E-state index < -0.39 is 5.91 Å². The molecule has 152 valence electrons. The fourth-order valence-corrected chi connectivity index (χ4v) is 4.90. The molecule has 4 nitrogen and oxygen atoms in total. The Morgan fingerprint density at radius 3 is 2.47 bits per heavy atom. The van der Waals surface area contributed by atoms with Crippen LogP contribution in [-0.4, -0.2) is 11.8 Å². The summed E-state index contributed by atoms with van der Waals surface area (Å²) in [6.07, 6.45) is 1.57. The van der Waals surface area contributed by atoms with Gasteiger partial charge in [0.05, 0.1) is 33.2 Å². The van der Waals surface area contributed by atoms with Crippen LogP contribution < -0.4 is 4.90 Å². The first-order valence-electron chi connectivity index (χ1n) is 9.17. The number of carbonyl (C=O) groups is 2. The number of hydrogen-bond acceptors (Lipinski definition) is 4. The first kappa shape index (κ1) is 20.8. The van der Waals surface area contributed by atoms with Crippen molar-refractivity contribution in [3.8, 4) is 0 Å². The number of rotatable bonds is 5. The number of benzene rings is 2. The maximum Gasteiger partial charge on any atom is 0.272 e. The number of anilines is 1. The van der Waals surface area contributed by atoms with Gasteiger partial charge in [-0.05, 0) is 49.7 Å². The molecule has 0 radical (unpaired) electrons. The lowest BCUT2D eigenvalue weighted by Gasteiger charge is -2.18. The van der Waals surface area contributed by atoms with Crippen molar-refractivity contribution in [2.45, 2.75) is 19.6 Å². The Bertz CT molecular complexity index is 1190. The molecule has 0 saturated carbocycles. The molecule has 2 heterocycles. The van der Waals surface area contributed by atoms with Crippen LogP contribution in [0.15, 0.2) is 64.1 Å². The molecule has 0 unspecified atom stereocenters. The van der Waals surface area contributed by atoms with E-state index in [4.69, 9.17) is 27.6 Å². The van der Waals surface area contributed by atoms with Crippen molar-refractivity contribution >= 4 is 58.0 Å². The average Bonchev–Trinajstić information content (AvgIpc) is 3.28. The van der Waals surface area contributed by atoms with E-state index >= 15 is 0 Å². The summed E-state index contributed by atoms with van der Waals surface area (Å²) in [6, 6.07) is 14.1. The zero-order valence-electron chi connectivity index (χ0n) is 16.2. The van der Waals surface area contributed by atoms with E-state index in [-0.39, 0.29) is 11.5 Å². The van der Waals surface area contributed by atoms with Gasteiger partial charge in [0, 0.05) is 10.6 Å². The summed E-state index contributed by atoms with van der Waals surface area (Å²) in [6.45, 7) is 3.85. The van der Waals surface area contributed by atoms with Gasteiger partial charge in [-0.1, -0.05) is 47.0 Å². The van der Waals surface area contributed by atoms with Gasteiger partial charge < -0.3 is 4.42 Å². The van der Waals surface area contributed by atoms with Crippen LogP contribution in [0.1, 0.15) is 22.5 Å². The molecule has 0 spiro atoms. The summed E-state index contributed by atoms with van der Waals surface area (Å²) in [5, 5.41) is 0.773. The second kappa shape index (κ2) is 8.34. The summed E-state index contributed by atoms with van der Waals surface area (Å²) < 4.78 is 5.38. The zero-order valence-corrected chi connectivity index (χ0v) is 18.6. The highest BCUT2D eigenvalue weighted by Gasteiger charge is 2.41. The molecule has 0 N–H and O–H groups in total. The van der Waals surface area contributed by atoms with Gasteiger partial charge in [-0.15, -0.1) is 11.8 Å². The molecule has 1 aliphatic rings. The Morgan fingerprint density at radius 2 is 1.80 bits per heavy atom. The number of aryl methyl sites for hydroxylation is 2. The maximum absolute atomic E-state index is 13.5. The fourth-order valence-electron chi connectivity index (χ4n) is 3.39. The van der Waals surface area contributed by atoms with Crippen LogP contribution in [0.4, 0.5) is 5.69 Å². The standard InChI is InChI=1S/C23H17Cl2NO3S/c1-13-5-8-19(14(2)10-13)26-22(27)20(17-7-6-15(24)11-18(17)25)21(23(26)28)30-12-16-4-3-9-29-16/h3-11H,12H2,1-2H3. The van der Waals surface area contributed by atoms with Crippen LogP contribution in [-0.2, 0) is 15.3 Å². The Hall–Kier alpha value is -2.47. The highest BCUT2D eigenvalue weighted by molar-refractivity contribution is 8.03. The first-order chi connectivity index (χ1) is 14.4. The molecule has 1 aromatic heterocycles. The average molecular weight is 458 g/mol. The minimum absolute atomic E-state index is 0.276. The van der Waals surface area contributed by atoms with Crippen LogP contribution in [0.25, 0.3) is 5.57 Å². The van der Waals surface area contributed by atoms with Crippen molar-refractivity contribution in [1.29, 1.82) is 0 Å². The molecule has 2 amide bonds. The van der Waals surface area contributed by atoms with Crippen molar-refractivity contribution in [3.63, 3.8) is 0 Å². The van der Waals surface area contributed by atoms with E-state index in [1.165, 1.54) is 16.7 Å². The van der Waals surface area contributed by atoms with Crippen LogP contribution >= 0.6 is 35.0 Å². The number of hydrogen-bond donors (Lipinski definition) is 0. The molecule has 0 aliphatic carbocycles. The smallest absolute Gasteiger partial charge is 0.272 e. The molecule has 0 saturated heterocycles. The second-order valence-electron chi connectivity index (χ2n) is 6.93. The topological polar surface area (TPSA) is 50.5 Å². The zero-order chi connectivity index (χ0) is 21.4. The van der Waals surface area contributed by atoms with Crippen LogP contribution in [0.3, 0.4) is 0 Å². The van der Waals surface area contributed by atoms with E-state index in [1.807, 2.05) is 32.0 Å². The summed E-state index contributed by atoms with van der Waals surface area (Å²) in [4.78, 5) is 28.4. The summed E-state index contributed by atoms with van der Waals surface area (Å²) >= 11 is 13.7. The molecule has 0 bridgehead atoms. The number of thioether (sulfide) groups is 1. The van der Waals surface area contributed by atoms with Gasteiger partial charge in [-0.25, -0.2) is 4.90 Å². The predicted molar refractivity (Wildman–Crippen MR) is 122 cm³/mol. The van der Waals surface area contributed by atoms with Gasteiger partial charge in [-0.2, -0.15) is 0 Å². The molecule has 30 heavy (non-hydrogen) atoms. The van der Waals surface area contributed by atoms with Crippen molar-refractivity contribution < 1.29 is 14.0 Å². The van der Waals surface area contributed by atoms with Gasteiger partial charge in [0.15, 0.2) is 0 Å². The molecular formula is C23H17Cl2NO3S. The van der Waals surface area contributed by atoms with Gasteiger partial charge >= 0.3 is 0 Å². The molecule has 2 aromatic carbocycles. The van der Waals surface area contributed by atoms with E-state index in [1.54, 1.807) is 36.6 Å². The largest absolute Gasteiger partial charge is 0.468 e. The predicted octanol–water partition coefficient (Wildman–Crippen LogP) is 6.42. The molecule has 7 heteroatoms. The molecule has 1 aliphatic heterocycles. The van der Waals surface area contributed by atoms with Crippen molar-refractivity contribution in [3.05, 3.63) is 92.2 Å². The molecule has 0 atom stereocenters. The molecular weight excluding hydrogens is 441 g/mol. The summed E-state index contributed by atoms with van der Waals surface area (Å²) in [7, 11) is 0. The van der Waals surface area contributed by atoms with Crippen LogP contribution in [0.2, 0.25) is 10.0 Å². The van der Waals surface area contributed by atoms with E-state index in [2.05, 4.69) is 0 Å². The quantitative estimate of drug-likeness (QED) is 0.414. The van der Waals surface area contributed by atoms with Gasteiger partial charge in [0.1, 0.15) is 5.76 Å². The highest BCUT2D eigenvalue weighted by atomic mass is 35.5. The first-order valence-corrected chi connectivity index (χ1v) is 10.9. The van der Waals surface area contributed by atoms with Crippen molar-refractivity contribution in [1.82, 2.24) is 0 Å². The number of nitrogens with zero attached hydrogens (tertiary/aromatic N) is 1. The van der Waals surface area contributed by atoms with E-state index in [0.29, 0.717) is 37.7 Å². The van der Waals surface area contributed by atoms with Crippen LogP contribution in [0, 0.1) is 13.8 Å². The van der Waals surface area contributed by atoms with Crippen molar-refractivity contribution in [2.24, 2.45) is 0 Å². The van der Waals surface area contributed by atoms with Gasteiger partial charge in [-0.3, -0.25) is 9.59 Å². The lowest BCUT2D eigenvalue weighted by atomic mass is 10.1. The Kier molecular flexibility index (Phi) is 5.78. The van der Waals surface area contributed by atoms with Gasteiger partial charge in [0.2, 0.25) is 0 Å². The minimum atomic E-state index is -0.405. The van der Waals surface area contributed by atoms with Crippen LogP contribution in [0.5, 0.6) is 0 Å². The number of halogens is 2. The minimum Gasteiger partial charge on any atom is -0.468 e. The molecule has 4 rings (SSSR count). The fraction of sp³-hybridized carbons (Fsp3) is 0.130. The molecule has 0 fully saturated rings. The van der Waals surface area contributed by atoms with Crippen molar-refractivity contribution in [2.75, 3.05) is 4.90 Å². The normalized spacial score (nSPS) is 14.2. The highest BCUT2D eigenvalue weighted by Crippen LogP contribution is 2.42. The van der Waals surface area contributed by atoms with E-state index in [0.717, 1.165) is 11.1 Å².